The van der Waals surface area contributed by atoms with E-state index < -0.39 is 4.92 Å². The van der Waals surface area contributed by atoms with Gasteiger partial charge in [-0.05, 0) is 29.5 Å². The molecule has 0 aliphatic rings. The standard InChI is InChI=1S/C8H4IN3O4/c1-3(13)6-4(9)2-5-7(10-11-16-5)8(6)12(14)15/h2H,1H3. The average molecular weight is 333 g/mol. The molecule has 1 aromatic heterocycles. The molecule has 8 heteroatoms. The van der Waals surface area contributed by atoms with Gasteiger partial charge in [-0.2, -0.15) is 0 Å². The van der Waals surface area contributed by atoms with Crippen LogP contribution in [0.4, 0.5) is 5.69 Å². The second-order valence-corrected chi connectivity index (χ2v) is 4.18. The summed E-state index contributed by atoms with van der Waals surface area (Å²) >= 11 is 1.84. The molecule has 0 amide bonds. The van der Waals surface area contributed by atoms with E-state index in [9.17, 15) is 14.9 Å². The summed E-state index contributed by atoms with van der Waals surface area (Å²) in [5, 5.41) is 17.7. The van der Waals surface area contributed by atoms with E-state index in [1.807, 2.05) is 22.6 Å². The third-order valence-corrected chi connectivity index (χ3v) is 2.86. The Bertz CT molecular complexity index is 607. The van der Waals surface area contributed by atoms with Crippen LogP contribution >= 0.6 is 22.6 Å². The minimum atomic E-state index is -0.647. The molecule has 0 saturated heterocycles. The third-order valence-electron chi connectivity index (χ3n) is 2.01. The Labute approximate surface area is 102 Å². The molecule has 0 N–H and O–H groups in total. The SMILES string of the molecule is CC(=O)c1c(I)cc2onnc2c1[N+](=O)[O-]. The first-order chi connectivity index (χ1) is 7.52. The quantitative estimate of drug-likeness (QED) is 0.360. The molecule has 0 unspecified atom stereocenters. The summed E-state index contributed by atoms with van der Waals surface area (Å²) in [4.78, 5) is 21.7. The Morgan fingerprint density at radius 1 is 1.62 bits per heavy atom. The predicted molar refractivity (Wildman–Crippen MR) is 61.2 cm³/mol. The maximum atomic E-state index is 11.4. The van der Waals surface area contributed by atoms with Crippen molar-refractivity contribution in [3.05, 3.63) is 25.3 Å². The van der Waals surface area contributed by atoms with E-state index in [1.165, 1.54) is 13.0 Å². The molecule has 1 aromatic carbocycles. The number of hydrogen-bond acceptors (Lipinski definition) is 6. The van der Waals surface area contributed by atoms with Crippen molar-refractivity contribution in [2.45, 2.75) is 6.92 Å². The second kappa shape index (κ2) is 3.77. The van der Waals surface area contributed by atoms with Gasteiger partial charge in [-0.1, -0.05) is 0 Å². The van der Waals surface area contributed by atoms with E-state index in [4.69, 9.17) is 4.52 Å². The summed E-state index contributed by atoms with van der Waals surface area (Å²) in [5.41, 5.74) is -0.124. The molecule has 82 valence electrons. The number of Topliss-reactive ketones (excluding diaryl/α,β-unsaturated/α-hetero) is 1. The lowest BCUT2D eigenvalue weighted by Crippen LogP contribution is -2.03. The number of hydrogen-bond donors (Lipinski definition) is 0. The van der Waals surface area contributed by atoms with E-state index in [2.05, 4.69) is 10.4 Å². The van der Waals surface area contributed by atoms with Crippen LogP contribution in [0.1, 0.15) is 17.3 Å². The molecule has 0 aliphatic heterocycles. The topological polar surface area (TPSA) is 99.1 Å². The zero-order valence-corrected chi connectivity index (χ0v) is 10.1. The Balaban J connectivity index is 2.96. The van der Waals surface area contributed by atoms with Crippen LogP contribution in [0.3, 0.4) is 0 Å². The molecule has 0 bridgehead atoms. The van der Waals surface area contributed by atoms with E-state index >= 15 is 0 Å². The van der Waals surface area contributed by atoms with Gasteiger partial charge in [-0.3, -0.25) is 14.9 Å². The smallest absolute Gasteiger partial charge is 0.312 e. The normalized spacial score (nSPS) is 10.6. The van der Waals surface area contributed by atoms with Crippen molar-refractivity contribution in [2.24, 2.45) is 0 Å². The minimum absolute atomic E-state index is 0.00406. The molecule has 0 aliphatic carbocycles. The number of benzene rings is 1. The van der Waals surface area contributed by atoms with Crippen LogP contribution in [0.25, 0.3) is 11.1 Å². The van der Waals surface area contributed by atoms with Crippen molar-refractivity contribution in [1.29, 1.82) is 0 Å². The Hall–Kier alpha value is -1.58. The minimum Gasteiger partial charge on any atom is -0.337 e. The van der Waals surface area contributed by atoms with Gasteiger partial charge in [0.05, 0.1) is 4.92 Å². The number of carbonyl (C=O) groups excluding carboxylic acids is 1. The summed E-state index contributed by atoms with van der Waals surface area (Å²) in [7, 11) is 0. The molecule has 7 nitrogen and oxygen atoms in total. The maximum absolute atomic E-state index is 11.4. The Morgan fingerprint density at radius 2 is 2.31 bits per heavy atom. The average Bonchev–Trinajstić information content (AvgIpc) is 2.61. The zero-order valence-electron chi connectivity index (χ0n) is 7.93. The van der Waals surface area contributed by atoms with Gasteiger partial charge in [0.1, 0.15) is 5.56 Å². The molecule has 0 atom stereocenters. The first kappa shape index (κ1) is 10.9. The monoisotopic (exact) mass is 333 g/mol. The van der Waals surface area contributed by atoms with Crippen LogP contribution in [0.5, 0.6) is 0 Å². The Morgan fingerprint density at radius 3 is 2.88 bits per heavy atom. The van der Waals surface area contributed by atoms with Crippen LogP contribution in [-0.4, -0.2) is 21.1 Å². The number of nitro benzene ring substituents is 1. The van der Waals surface area contributed by atoms with Gasteiger partial charge < -0.3 is 4.52 Å². The zero-order chi connectivity index (χ0) is 11.9. The van der Waals surface area contributed by atoms with Gasteiger partial charge in [0.15, 0.2) is 11.4 Å². The first-order valence-corrected chi connectivity index (χ1v) is 5.20. The lowest BCUT2D eigenvalue weighted by Gasteiger charge is -2.01. The number of rotatable bonds is 2. The highest BCUT2D eigenvalue weighted by Gasteiger charge is 2.27. The predicted octanol–water partition coefficient (Wildman–Crippen LogP) is 1.94. The van der Waals surface area contributed by atoms with Gasteiger partial charge in [0.2, 0.25) is 5.52 Å². The number of ketones is 1. The molecular formula is C8H4IN3O4. The molecular weight excluding hydrogens is 329 g/mol. The van der Waals surface area contributed by atoms with Crippen LogP contribution < -0.4 is 0 Å². The van der Waals surface area contributed by atoms with Crippen molar-refractivity contribution in [1.82, 2.24) is 10.4 Å². The van der Waals surface area contributed by atoms with Crippen LogP contribution in [0.15, 0.2) is 10.6 Å². The fraction of sp³-hybridized carbons (Fsp3) is 0.125. The van der Waals surface area contributed by atoms with E-state index in [-0.39, 0.29) is 28.1 Å². The number of nitro groups is 1. The van der Waals surface area contributed by atoms with Crippen molar-refractivity contribution in [3.8, 4) is 0 Å². The number of halogens is 1. The van der Waals surface area contributed by atoms with E-state index in [0.717, 1.165) is 0 Å². The molecule has 2 rings (SSSR count). The number of nitrogens with zero attached hydrogens (tertiary/aromatic N) is 3. The molecule has 0 fully saturated rings. The highest BCUT2D eigenvalue weighted by atomic mass is 127. The maximum Gasteiger partial charge on any atom is 0.312 e. The highest BCUT2D eigenvalue weighted by molar-refractivity contribution is 14.1. The van der Waals surface area contributed by atoms with Crippen molar-refractivity contribution < 1.29 is 14.2 Å². The molecule has 16 heavy (non-hydrogen) atoms. The third kappa shape index (κ3) is 1.54. The molecule has 0 radical (unpaired) electrons. The van der Waals surface area contributed by atoms with Crippen LogP contribution in [0.2, 0.25) is 0 Å². The first-order valence-electron chi connectivity index (χ1n) is 4.12. The van der Waals surface area contributed by atoms with Gasteiger partial charge in [-0.25, -0.2) is 0 Å². The fourth-order valence-electron chi connectivity index (χ4n) is 1.39. The van der Waals surface area contributed by atoms with Gasteiger partial charge in [0, 0.05) is 14.9 Å². The lowest BCUT2D eigenvalue weighted by molar-refractivity contribution is -0.383. The van der Waals surface area contributed by atoms with Crippen molar-refractivity contribution in [2.75, 3.05) is 0 Å². The van der Waals surface area contributed by atoms with E-state index in [0.29, 0.717) is 3.57 Å². The van der Waals surface area contributed by atoms with Crippen molar-refractivity contribution in [3.63, 3.8) is 0 Å². The summed E-state index contributed by atoms with van der Waals surface area (Å²) in [6.45, 7) is 1.27. The number of carbonyl (C=O) groups is 1. The summed E-state index contributed by atoms with van der Waals surface area (Å²) in [6.07, 6.45) is 0. The Kier molecular flexibility index (Phi) is 2.58. The summed E-state index contributed by atoms with van der Waals surface area (Å²) in [5.74, 6) is -0.388. The molecule has 1 heterocycles. The summed E-state index contributed by atoms with van der Waals surface area (Å²) < 4.78 is 5.19. The molecule has 0 spiro atoms. The lowest BCUT2D eigenvalue weighted by atomic mass is 10.1. The molecule has 0 saturated carbocycles. The van der Waals surface area contributed by atoms with Crippen molar-refractivity contribution >= 4 is 45.2 Å². The fourth-order valence-corrected chi connectivity index (χ4v) is 2.31. The van der Waals surface area contributed by atoms with Crippen LogP contribution in [-0.2, 0) is 0 Å². The molecule has 2 aromatic rings. The van der Waals surface area contributed by atoms with Gasteiger partial charge in [0.25, 0.3) is 0 Å². The van der Waals surface area contributed by atoms with Gasteiger partial charge in [-0.15, -0.1) is 5.10 Å². The second-order valence-electron chi connectivity index (χ2n) is 3.01. The highest BCUT2D eigenvalue weighted by Crippen LogP contribution is 2.32. The number of fused-ring (bicyclic) bond motifs is 1. The summed E-state index contributed by atoms with van der Waals surface area (Å²) in [6, 6.07) is 1.50. The number of aromatic nitrogens is 2. The van der Waals surface area contributed by atoms with Gasteiger partial charge >= 0.3 is 5.69 Å². The van der Waals surface area contributed by atoms with E-state index in [1.54, 1.807) is 0 Å². The van der Waals surface area contributed by atoms with Crippen LogP contribution in [0, 0.1) is 13.7 Å². The largest absolute Gasteiger partial charge is 0.337 e.